The Morgan fingerprint density at radius 3 is 2.91 bits per heavy atom. The molecule has 3 aromatic rings. The molecule has 0 unspecified atom stereocenters. The summed E-state index contributed by atoms with van der Waals surface area (Å²) in [5.41, 5.74) is 0.768. The van der Waals surface area contributed by atoms with Gasteiger partial charge < -0.3 is 14.0 Å². The quantitative estimate of drug-likeness (QED) is 0.647. The Bertz CT molecular complexity index is 783. The second-order valence-corrected chi connectivity index (χ2v) is 5.59. The zero-order valence-electron chi connectivity index (χ0n) is 12.4. The van der Waals surface area contributed by atoms with Crippen molar-refractivity contribution in [3.63, 3.8) is 0 Å². The van der Waals surface area contributed by atoms with Crippen molar-refractivity contribution < 1.29 is 18.8 Å². The molecule has 0 saturated heterocycles. The molecular formula is C16H14N2O4S. The highest BCUT2D eigenvalue weighted by Crippen LogP contribution is 2.21. The maximum atomic E-state index is 11.9. The average molecular weight is 330 g/mol. The first kappa shape index (κ1) is 15.2. The SMILES string of the molecule is COc1ccccc1CC(=O)OCc1nc(-c2cccs2)no1. The van der Waals surface area contributed by atoms with Crippen molar-refractivity contribution in [2.75, 3.05) is 7.11 Å². The van der Waals surface area contributed by atoms with E-state index in [4.69, 9.17) is 14.0 Å². The van der Waals surface area contributed by atoms with Crippen molar-refractivity contribution in [2.24, 2.45) is 0 Å². The van der Waals surface area contributed by atoms with Crippen LogP contribution in [0.25, 0.3) is 10.7 Å². The summed E-state index contributed by atoms with van der Waals surface area (Å²) in [6.45, 7) is -0.0492. The summed E-state index contributed by atoms with van der Waals surface area (Å²) in [4.78, 5) is 17.0. The first-order chi connectivity index (χ1) is 11.3. The fourth-order valence-corrected chi connectivity index (χ4v) is 2.67. The van der Waals surface area contributed by atoms with E-state index < -0.39 is 0 Å². The Balaban J connectivity index is 1.57. The molecular weight excluding hydrogens is 316 g/mol. The second-order valence-electron chi connectivity index (χ2n) is 4.64. The average Bonchev–Trinajstić information content (AvgIpc) is 3.24. The van der Waals surface area contributed by atoms with Crippen LogP contribution in [0.4, 0.5) is 0 Å². The number of hydrogen-bond acceptors (Lipinski definition) is 7. The van der Waals surface area contributed by atoms with Crippen LogP contribution in [0.15, 0.2) is 46.3 Å². The molecule has 0 aliphatic carbocycles. The number of thiophene rings is 1. The number of ether oxygens (including phenoxy) is 2. The minimum Gasteiger partial charge on any atom is -0.496 e. The van der Waals surface area contributed by atoms with Crippen molar-refractivity contribution in [1.29, 1.82) is 0 Å². The molecule has 0 spiro atoms. The minimum atomic E-state index is -0.384. The highest BCUT2D eigenvalue weighted by atomic mass is 32.1. The third kappa shape index (κ3) is 3.75. The summed E-state index contributed by atoms with van der Waals surface area (Å²) >= 11 is 1.51. The number of carbonyl (C=O) groups excluding carboxylic acids is 1. The van der Waals surface area contributed by atoms with Gasteiger partial charge in [0.15, 0.2) is 6.61 Å². The lowest BCUT2D eigenvalue weighted by atomic mass is 10.1. The standard InChI is InChI=1S/C16H14N2O4S/c1-20-12-6-3-2-5-11(12)9-15(19)21-10-14-17-16(18-22-14)13-7-4-8-23-13/h2-8H,9-10H2,1H3. The molecule has 0 aliphatic heterocycles. The van der Waals surface area contributed by atoms with E-state index in [2.05, 4.69) is 10.1 Å². The molecule has 0 radical (unpaired) electrons. The largest absolute Gasteiger partial charge is 0.496 e. The summed E-state index contributed by atoms with van der Waals surface area (Å²) < 4.78 is 15.5. The van der Waals surface area contributed by atoms with Crippen molar-refractivity contribution in [2.45, 2.75) is 13.0 Å². The Morgan fingerprint density at radius 2 is 2.13 bits per heavy atom. The van der Waals surface area contributed by atoms with Gasteiger partial charge in [0.1, 0.15) is 5.75 Å². The zero-order chi connectivity index (χ0) is 16.1. The zero-order valence-corrected chi connectivity index (χ0v) is 13.2. The molecule has 0 bridgehead atoms. The van der Waals surface area contributed by atoms with Crippen LogP contribution in [0.1, 0.15) is 11.5 Å². The van der Waals surface area contributed by atoms with Gasteiger partial charge in [-0.15, -0.1) is 11.3 Å². The molecule has 23 heavy (non-hydrogen) atoms. The summed E-state index contributed by atoms with van der Waals surface area (Å²) in [6.07, 6.45) is 0.121. The number of benzene rings is 1. The van der Waals surface area contributed by atoms with Crippen LogP contribution in [-0.2, 0) is 22.6 Å². The van der Waals surface area contributed by atoms with E-state index in [-0.39, 0.29) is 24.9 Å². The Hall–Kier alpha value is -2.67. The van der Waals surface area contributed by atoms with Crippen molar-refractivity contribution in [3.05, 3.63) is 53.2 Å². The number of nitrogens with zero attached hydrogens (tertiary/aromatic N) is 2. The van der Waals surface area contributed by atoms with Gasteiger partial charge in [-0.25, -0.2) is 0 Å². The number of hydrogen-bond donors (Lipinski definition) is 0. The predicted molar refractivity (Wildman–Crippen MR) is 84.1 cm³/mol. The summed E-state index contributed by atoms with van der Waals surface area (Å²) in [5.74, 6) is 1.03. The molecule has 0 amide bonds. The predicted octanol–water partition coefficient (Wildman–Crippen LogP) is 3.09. The van der Waals surface area contributed by atoms with Crippen LogP contribution < -0.4 is 4.74 Å². The van der Waals surface area contributed by atoms with E-state index in [0.29, 0.717) is 11.6 Å². The molecule has 2 aromatic heterocycles. The minimum absolute atomic E-state index is 0.0492. The third-order valence-electron chi connectivity index (χ3n) is 3.09. The van der Waals surface area contributed by atoms with Gasteiger partial charge in [0.05, 0.1) is 18.4 Å². The van der Waals surface area contributed by atoms with Gasteiger partial charge >= 0.3 is 5.97 Å². The van der Waals surface area contributed by atoms with Crippen LogP contribution in [0.2, 0.25) is 0 Å². The first-order valence-corrected chi connectivity index (χ1v) is 7.78. The lowest BCUT2D eigenvalue weighted by Crippen LogP contribution is -2.09. The number of methoxy groups -OCH3 is 1. The highest BCUT2D eigenvalue weighted by Gasteiger charge is 2.13. The Kier molecular flexibility index (Phi) is 4.68. The summed E-state index contributed by atoms with van der Waals surface area (Å²) in [6, 6.07) is 11.1. The van der Waals surface area contributed by atoms with Crippen LogP contribution in [0.3, 0.4) is 0 Å². The first-order valence-electron chi connectivity index (χ1n) is 6.90. The van der Waals surface area contributed by atoms with Crippen LogP contribution in [0.5, 0.6) is 5.75 Å². The van der Waals surface area contributed by atoms with Gasteiger partial charge in [-0.2, -0.15) is 4.98 Å². The molecule has 3 rings (SSSR count). The number of esters is 1. The van der Waals surface area contributed by atoms with Gasteiger partial charge in [0.25, 0.3) is 5.89 Å². The lowest BCUT2D eigenvalue weighted by Gasteiger charge is -2.07. The molecule has 1 aromatic carbocycles. The smallest absolute Gasteiger partial charge is 0.310 e. The maximum Gasteiger partial charge on any atom is 0.310 e. The van der Waals surface area contributed by atoms with E-state index in [9.17, 15) is 4.79 Å². The molecule has 0 N–H and O–H groups in total. The molecule has 6 nitrogen and oxygen atoms in total. The fourth-order valence-electron chi connectivity index (χ4n) is 2.02. The second kappa shape index (κ2) is 7.06. The van der Waals surface area contributed by atoms with Crippen LogP contribution in [0, 0.1) is 0 Å². The molecule has 2 heterocycles. The van der Waals surface area contributed by atoms with E-state index in [1.165, 1.54) is 11.3 Å². The van der Waals surface area contributed by atoms with Gasteiger partial charge in [0, 0.05) is 5.56 Å². The van der Waals surface area contributed by atoms with Gasteiger partial charge in [-0.3, -0.25) is 4.79 Å². The summed E-state index contributed by atoms with van der Waals surface area (Å²) in [7, 11) is 1.56. The molecule has 0 fully saturated rings. The number of rotatable bonds is 6. The van der Waals surface area contributed by atoms with Crippen LogP contribution >= 0.6 is 11.3 Å². The maximum absolute atomic E-state index is 11.9. The monoisotopic (exact) mass is 330 g/mol. The molecule has 7 heteroatoms. The van der Waals surface area contributed by atoms with Gasteiger partial charge in [-0.05, 0) is 17.5 Å². The van der Waals surface area contributed by atoms with Crippen molar-refractivity contribution >= 4 is 17.3 Å². The molecule has 0 atom stereocenters. The molecule has 0 aliphatic rings. The number of para-hydroxylation sites is 1. The fraction of sp³-hybridized carbons (Fsp3) is 0.188. The van der Waals surface area contributed by atoms with Gasteiger partial charge in [0.2, 0.25) is 5.82 Å². The number of carbonyl (C=O) groups is 1. The topological polar surface area (TPSA) is 74.5 Å². The van der Waals surface area contributed by atoms with Crippen molar-refractivity contribution in [3.8, 4) is 16.5 Å². The van der Waals surface area contributed by atoms with E-state index in [1.807, 2.05) is 35.7 Å². The molecule has 0 saturated carbocycles. The molecule has 118 valence electrons. The highest BCUT2D eigenvalue weighted by molar-refractivity contribution is 7.13. The lowest BCUT2D eigenvalue weighted by molar-refractivity contribution is -0.144. The van der Waals surface area contributed by atoms with Gasteiger partial charge in [-0.1, -0.05) is 29.4 Å². The summed E-state index contributed by atoms with van der Waals surface area (Å²) in [5, 5.41) is 5.79. The third-order valence-corrected chi connectivity index (χ3v) is 3.96. The van der Waals surface area contributed by atoms with Crippen molar-refractivity contribution in [1.82, 2.24) is 10.1 Å². The van der Waals surface area contributed by atoms with E-state index in [1.54, 1.807) is 13.2 Å². The van der Waals surface area contributed by atoms with Crippen LogP contribution in [-0.4, -0.2) is 23.2 Å². The Morgan fingerprint density at radius 1 is 1.26 bits per heavy atom. The normalized spacial score (nSPS) is 10.5. The Labute approximate surface area is 136 Å². The number of aromatic nitrogens is 2. The van der Waals surface area contributed by atoms with E-state index >= 15 is 0 Å². The van der Waals surface area contributed by atoms with E-state index in [0.717, 1.165) is 10.4 Å².